The molecule has 0 N–H and O–H groups in total. The molecule has 1 fully saturated rings. The van der Waals surface area contributed by atoms with E-state index in [0.717, 1.165) is 6.16 Å². The Morgan fingerprint density at radius 1 is 0.636 bits per heavy atom. The van der Waals surface area contributed by atoms with Crippen molar-refractivity contribution in [2.24, 2.45) is 0 Å². The molecule has 0 aliphatic carbocycles. The summed E-state index contributed by atoms with van der Waals surface area (Å²) in [4.78, 5) is 12.7. The van der Waals surface area contributed by atoms with Gasteiger partial charge in [-0.2, -0.15) is 0 Å². The van der Waals surface area contributed by atoms with Gasteiger partial charge in [0.15, 0.2) is 0 Å². The standard InChI is InChI=1S/C31H29OP/c1-22-11-6-8-15-26(22)28-17-10-18-29(27-16-9-7-12-23(27)2)31(28)33-20-19-25(32)21-30(33)24-13-4-3-5-14-24/h3-18,30H,19-21H2,1-2H3. The maximum atomic E-state index is 12.7. The molecule has 5 rings (SSSR count). The maximum Gasteiger partial charge on any atom is 0.134 e. The number of ketones is 1. The molecule has 0 saturated carbocycles. The molecular formula is C31H29OP. The summed E-state index contributed by atoms with van der Waals surface area (Å²) in [6.45, 7) is 4.40. The maximum absolute atomic E-state index is 12.7. The van der Waals surface area contributed by atoms with E-state index in [-0.39, 0.29) is 5.66 Å². The number of hydrogen-bond acceptors (Lipinski definition) is 1. The van der Waals surface area contributed by atoms with Gasteiger partial charge in [-0.05, 0) is 64.3 Å². The van der Waals surface area contributed by atoms with Crippen LogP contribution in [0.25, 0.3) is 22.3 Å². The zero-order valence-electron chi connectivity index (χ0n) is 19.3. The summed E-state index contributed by atoms with van der Waals surface area (Å²) in [6.07, 6.45) is 2.28. The Hall–Kier alpha value is -3.02. The average Bonchev–Trinajstić information content (AvgIpc) is 2.85. The molecule has 2 heteroatoms. The first-order chi connectivity index (χ1) is 16.1. The molecule has 2 unspecified atom stereocenters. The van der Waals surface area contributed by atoms with Crippen LogP contribution in [-0.2, 0) is 4.79 Å². The van der Waals surface area contributed by atoms with Crippen molar-refractivity contribution < 1.29 is 4.79 Å². The molecule has 1 saturated heterocycles. The second-order valence-electron chi connectivity index (χ2n) is 8.94. The Balaban J connectivity index is 1.78. The van der Waals surface area contributed by atoms with Crippen LogP contribution in [0, 0.1) is 13.8 Å². The van der Waals surface area contributed by atoms with Crippen molar-refractivity contribution in [3.05, 3.63) is 114 Å². The van der Waals surface area contributed by atoms with Crippen LogP contribution in [0.3, 0.4) is 0 Å². The molecule has 4 aromatic rings. The van der Waals surface area contributed by atoms with Crippen LogP contribution in [0.1, 0.15) is 35.2 Å². The smallest absolute Gasteiger partial charge is 0.134 e. The van der Waals surface area contributed by atoms with Crippen LogP contribution in [0.15, 0.2) is 97.1 Å². The first kappa shape index (κ1) is 21.8. The lowest BCUT2D eigenvalue weighted by Crippen LogP contribution is -2.23. The first-order valence-electron chi connectivity index (χ1n) is 11.7. The molecule has 0 radical (unpaired) electrons. The van der Waals surface area contributed by atoms with Crippen LogP contribution in [0.2, 0.25) is 0 Å². The third-order valence-electron chi connectivity index (χ3n) is 6.81. The van der Waals surface area contributed by atoms with Gasteiger partial charge in [-0.15, -0.1) is 0 Å². The lowest BCUT2D eigenvalue weighted by atomic mass is 9.94. The van der Waals surface area contributed by atoms with Gasteiger partial charge in [-0.1, -0.05) is 105 Å². The van der Waals surface area contributed by atoms with E-state index in [0.29, 0.717) is 18.6 Å². The van der Waals surface area contributed by atoms with Crippen LogP contribution in [-0.4, -0.2) is 11.9 Å². The molecule has 0 bridgehead atoms. The summed E-state index contributed by atoms with van der Waals surface area (Å²) >= 11 is 0. The van der Waals surface area contributed by atoms with Gasteiger partial charge in [-0.3, -0.25) is 4.79 Å². The van der Waals surface area contributed by atoms with E-state index < -0.39 is 7.92 Å². The minimum absolute atomic E-state index is 0.260. The fourth-order valence-electron chi connectivity index (χ4n) is 5.11. The highest BCUT2D eigenvalue weighted by atomic mass is 31.1. The van der Waals surface area contributed by atoms with Crippen molar-refractivity contribution in [1.82, 2.24) is 0 Å². The predicted molar refractivity (Wildman–Crippen MR) is 142 cm³/mol. The van der Waals surface area contributed by atoms with Gasteiger partial charge in [0.1, 0.15) is 5.78 Å². The van der Waals surface area contributed by atoms with Crippen molar-refractivity contribution in [2.75, 3.05) is 6.16 Å². The first-order valence-corrected chi connectivity index (χ1v) is 13.3. The summed E-state index contributed by atoms with van der Waals surface area (Å²) in [5.41, 5.74) is 9.40. The van der Waals surface area contributed by atoms with Gasteiger partial charge in [0, 0.05) is 18.5 Å². The zero-order valence-corrected chi connectivity index (χ0v) is 20.2. The Morgan fingerprint density at radius 2 is 1.15 bits per heavy atom. The molecule has 33 heavy (non-hydrogen) atoms. The third kappa shape index (κ3) is 4.31. The van der Waals surface area contributed by atoms with Gasteiger partial charge >= 0.3 is 0 Å². The summed E-state index contributed by atoms with van der Waals surface area (Å²) in [5.74, 6) is 0.397. The normalized spacial score (nSPS) is 18.3. The van der Waals surface area contributed by atoms with E-state index in [2.05, 4.69) is 111 Å². The van der Waals surface area contributed by atoms with Gasteiger partial charge in [-0.25, -0.2) is 0 Å². The molecule has 164 valence electrons. The van der Waals surface area contributed by atoms with Crippen LogP contribution in [0.4, 0.5) is 0 Å². The van der Waals surface area contributed by atoms with Crippen molar-refractivity contribution in [3.63, 3.8) is 0 Å². The van der Waals surface area contributed by atoms with Crippen molar-refractivity contribution in [3.8, 4) is 22.3 Å². The van der Waals surface area contributed by atoms with E-state index in [9.17, 15) is 4.79 Å². The van der Waals surface area contributed by atoms with E-state index in [4.69, 9.17) is 0 Å². The Kier molecular flexibility index (Phi) is 6.25. The van der Waals surface area contributed by atoms with E-state index >= 15 is 0 Å². The molecular weight excluding hydrogens is 419 g/mol. The van der Waals surface area contributed by atoms with Gasteiger partial charge in [0.2, 0.25) is 0 Å². The van der Waals surface area contributed by atoms with E-state index in [1.165, 1.54) is 44.2 Å². The monoisotopic (exact) mass is 448 g/mol. The fourth-order valence-corrected chi connectivity index (χ4v) is 8.41. The molecule has 0 aromatic heterocycles. The summed E-state index contributed by atoms with van der Waals surface area (Å²) in [6, 6.07) is 34.9. The van der Waals surface area contributed by atoms with Crippen LogP contribution >= 0.6 is 7.92 Å². The molecule has 1 heterocycles. The molecule has 0 amide bonds. The fraction of sp³-hybridized carbons (Fsp3) is 0.194. The third-order valence-corrected chi connectivity index (χ3v) is 9.80. The minimum Gasteiger partial charge on any atom is -0.300 e. The van der Waals surface area contributed by atoms with Gasteiger partial charge in [0.05, 0.1) is 0 Å². The summed E-state index contributed by atoms with van der Waals surface area (Å²) in [7, 11) is -0.568. The number of aryl methyl sites for hydroxylation is 2. The number of rotatable bonds is 4. The quantitative estimate of drug-likeness (QED) is 0.291. The van der Waals surface area contributed by atoms with Crippen LogP contribution in [0.5, 0.6) is 0 Å². The molecule has 0 spiro atoms. The number of carbonyl (C=O) groups is 1. The van der Waals surface area contributed by atoms with E-state index in [1.54, 1.807) is 0 Å². The highest BCUT2D eigenvalue weighted by Crippen LogP contribution is 2.58. The largest absolute Gasteiger partial charge is 0.300 e. The summed E-state index contributed by atoms with van der Waals surface area (Å²) in [5, 5.41) is 1.46. The topological polar surface area (TPSA) is 17.1 Å². The molecule has 1 nitrogen and oxygen atoms in total. The zero-order chi connectivity index (χ0) is 22.8. The summed E-state index contributed by atoms with van der Waals surface area (Å²) < 4.78 is 0. The van der Waals surface area contributed by atoms with Crippen molar-refractivity contribution >= 4 is 19.0 Å². The highest BCUT2D eigenvalue weighted by molar-refractivity contribution is 7.66. The number of hydrogen-bond donors (Lipinski definition) is 0. The molecule has 1 aliphatic rings. The highest BCUT2D eigenvalue weighted by Gasteiger charge is 2.34. The average molecular weight is 449 g/mol. The van der Waals surface area contributed by atoms with Crippen molar-refractivity contribution in [2.45, 2.75) is 32.3 Å². The van der Waals surface area contributed by atoms with Crippen molar-refractivity contribution in [1.29, 1.82) is 0 Å². The van der Waals surface area contributed by atoms with Gasteiger partial charge in [0.25, 0.3) is 0 Å². The molecule has 4 aromatic carbocycles. The minimum atomic E-state index is -0.568. The lowest BCUT2D eigenvalue weighted by Gasteiger charge is -2.35. The Morgan fingerprint density at radius 3 is 1.73 bits per heavy atom. The molecule has 2 atom stereocenters. The second kappa shape index (κ2) is 9.46. The molecule has 1 aliphatic heterocycles. The number of Topliss-reactive ketones (excluding diaryl/α,β-unsaturated/α-hetero) is 1. The van der Waals surface area contributed by atoms with Gasteiger partial charge < -0.3 is 0 Å². The Labute approximate surface area is 198 Å². The number of benzene rings is 4. The van der Waals surface area contributed by atoms with Crippen LogP contribution < -0.4 is 5.30 Å². The predicted octanol–water partition coefficient (Wildman–Crippen LogP) is 7.85. The Bertz CT molecular complexity index is 1230. The number of carbonyl (C=O) groups excluding carboxylic acids is 1. The SMILES string of the molecule is Cc1ccccc1-c1cccc(-c2ccccc2C)c1P1CCC(=O)CC1c1ccccc1. The second-order valence-corrected chi connectivity index (χ2v) is 11.4. The van der Waals surface area contributed by atoms with E-state index in [1.807, 2.05) is 0 Å². The lowest BCUT2D eigenvalue weighted by molar-refractivity contribution is -0.118.